The number of carbonyl (C=O) groups is 1. The van der Waals surface area contributed by atoms with Crippen LogP contribution in [0.25, 0.3) is 0 Å². The molecule has 0 aromatic heterocycles. The largest absolute Gasteiger partial charge is 0.486 e. The number of fused-ring (bicyclic) bond motifs is 1. The number of carbonyl (C=O) groups excluding carboxylic acids is 1. The Kier molecular flexibility index (Phi) is 6.93. The number of amidine groups is 1. The van der Waals surface area contributed by atoms with Crippen molar-refractivity contribution in [2.45, 2.75) is 89.7 Å². The van der Waals surface area contributed by atoms with Crippen molar-refractivity contribution in [3.8, 4) is 5.75 Å². The molecular formula is C23H36N4O4. The number of esters is 1. The SMILES string of the molecule is C[C@@H]1C[C@H](N=C(N)c2ccc3c(c2)CC[C@H]([C@](C)(ON)C(=O)OC(C)(C)C)O3)CCN1. The van der Waals surface area contributed by atoms with E-state index in [0.29, 0.717) is 30.5 Å². The van der Waals surface area contributed by atoms with E-state index in [-0.39, 0.29) is 6.04 Å². The molecule has 0 saturated carbocycles. The molecule has 0 bridgehead atoms. The van der Waals surface area contributed by atoms with Crippen molar-refractivity contribution in [3.05, 3.63) is 29.3 Å². The van der Waals surface area contributed by atoms with Crippen molar-refractivity contribution in [1.82, 2.24) is 5.32 Å². The molecule has 172 valence electrons. The monoisotopic (exact) mass is 432 g/mol. The van der Waals surface area contributed by atoms with E-state index in [1.807, 2.05) is 18.2 Å². The van der Waals surface area contributed by atoms with Gasteiger partial charge in [-0.15, -0.1) is 0 Å². The molecule has 2 aliphatic rings. The second-order valence-corrected chi connectivity index (χ2v) is 9.74. The number of hydrogen-bond donors (Lipinski definition) is 3. The number of rotatable bonds is 5. The van der Waals surface area contributed by atoms with Gasteiger partial charge in [-0.25, -0.2) is 10.7 Å². The smallest absolute Gasteiger partial charge is 0.344 e. The Labute approximate surface area is 184 Å². The maximum absolute atomic E-state index is 12.7. The summed E-state index contributed by atoms with van der Waals surface area (Å²) >= 11 is 0. The summed E-state index contributed by atoms with van der Waals surface area (Å²) in [5.74, 6) is 6.22. The van der Waals surface area contributed by atoms with Crippen molar-refractivity contribution < 1.29 is 19.1 Å². The van der Waals surface area contributed by atoms with Crippen LogP contribution in [0.1, 0.15) is 65.0 Å². The Bertz CT molecular complexity index is 835. The predicted molar refractivity (Wildman–Crippen MR) is 120 cm³/mol. The lowest BCUT2D eigenvalue weighted by molar-refractivity contribution is -0.196. The van der Waals surface area contributed by atoms with E-state index in [1.165, 1.54) is 0 Å². The van der Waals surface area contributed by atoms with E-state index in [4.69, 9.17) is 30.9 Å². The van der Waals surface area contributed by atoms with E-state index in [0.717, 1.165) is 30.5 Å². The lowest BCUT2D eigenvalue weighted by Crippen LogP contribution is -2.56. The molecular weight excluding hydrogens is 396 g/mol. The van der Waals surface area contributed by atoms with Crippen LogP contribution in [0, 0.1) is 0 Å². The van der Waals surface area contributed by atoms with Gasteiger partial charge in [0, 0.05) is 11.6 Å². The molecule has 8 heteroatoms. The molecule has 0 radical (unpaired) electrons. The number of nitrogens with one attached hydrogen (secondary N) is 1. The molecule has 0 unspecified atom stereocenters. The van der Waals surface area contributed by atoms with Gasteiger partial charge in [-0.05, 0) is 90.6 Å². The summed E-state index contributed by atoms with van der Waals surface area (Å²) in [6, 6.07) is 6.48. The number of aliphatic imine (C=N–C) groups is 1. The van der Waals surface area contributed by atoms with Gasteiger partial charge in [0.1, 0.15) is 23.3 Å². The fourth-order valence-electron chi connectivity index (χ4n) is 4.06. The first-order valence-corrected chi connectivity index (χ1v) is 11.0. The van der Waals surface area contributed by atoms with Gasteiger partial charge < -0.3 is 20.5 Å². The second kappa shape index (κ2) is 9.14. The Morgan fingerprint density at radius 3 is 2.65 bits per heavy atom. The molecule has 0 amide bonds. The van der Waals surface area contributed by atoms with E-state index in [1.54, 1.807) is 27.7 Å². The van der Waals surface area contributed by atoms with E-state index in [2.05, 4.69) is 12.2 Å². The number of nitrogens with zero attached hydrogens (tertiary/aromatic N) is 1. The van der Waals surface area contributed by atoms with Gasteiger partial charge in [0.25, 0.3) is 0 Å². The average Bonchev–Trinajstić information content (AvgIpc) is 2.71. The zero-order valence-electron chi connectivity index (χ0n) is 19.2. The third kappa shape index (κ3) is 5.56. The standard InChI is InChI=1S/C23H36N4O4/c1-14-12-17(10-11-26-14)27-20(24)16-6-8-18-15(13-16)7-9-19(29-18)23(5,31-25)21(28)30-22(2,3)4/h6,8,13-14,17,19,26H,7,9-12,25H2,1-5H3,(H2,24,27)/t14-,17-,19-,23+/m1/s1. The molecule has 3 rings (SSSR count). The van der Waals surface area contributed by atoms with Crippen molar-refractivity contribution in [1.29, 1.82) is 0 Å². The Hall–Kier alpha value is -2.16. The summed E-state index contributed by atoms with van der Waals surface area (Å²) < 4.78 is 11.6. The molecule has 1 saturated heterocycles. The predicted octanol–water partition coefficient (Wildman–Crippen LogP) is 2.22. The molecule has 0 aliphatic carbocycles. The Morgan fingerprint density at radius 1 is 1.26 bits per heavy atom. The number of aryl methyl sites for hydroxylation is 1. The van der Waals surface area contributed by atoms with Crippen molar-refractivity contribution in [3.63, 3.8) is 0 Å². The molecule has 0 spiro atoms. The first kappa shape index (κ1) is 23.5. The van der Waals surface area contributed by atoms with E-state index >= 15 is 0 Å². The topological polar surface area (TPSA) is 121 Å². The van der Waals surface area contributed by atoms with Crippen molar-refractivity contribution >= 4 is 11.8 Å². The van der Waals surface area contributed by atoms with Crippen LogP contribution in [0.2, 0.25) is 0 Å². The molecule has 1 aromatic carbocycles. The lowest BCUT2D eigenvalue weighted by atomic mass is 9.90. The maximum atomic E-state index is 12.7. The van der Waals surface area contributed by atoms with Gasteiger partial charge in [0.2, 0.25) is 5.60 Å². The van der Waals surface area contributed by atoms with E-state index < -0.39 is 23.3 Å². The summed E-state index contributed by atoms with van der Waals surface area (Å²) in [5.41, 5.74) is 6.16. The minimum Gasteiger partial charge on any atom is -0.486 e. The van der Waals surface area contributed by atoms with Gasteiger partial charge in [0.05, 0.1) is 6.04 Å². The van der Waals surface area contributed by atoms with Crippen LogP contribution in [-0.4, -0.2) is 47.7 Å². The van der Waals surface area contributed by atoms with Gasteiger partial charge >= 0.3 is 5.97 Å². The third-order valence-corrected chi connectivity index (χ3v) is 5.88. The minimum atomic E-state index is -1.41. The first-order valence-electron chi connectivity index (χ1n) is 11.0. The number of ether oxygens (including phenoxy) is 2. The van der Waals surface area contributed by atoms with Crippen LogP contribution < -0.4 is 21.7 Å². The fraction of sp³-hybridized carbons (Fsp3) is 0.652. The zero-order valence-corrected chi connectivity index (χ0v) is 19.2. The van der Waals surface area contributed by atoms with Gasteiger partial charge in [-0.3, -0.25) is 9.83 Å². The zero-order chi connectivity index (χ0) is 22.8. The highest BCUT2D eigenvalue weighted by Crippen LogP contribution is 2.34. The number of piperidine rings is 1. The highest BCUT2D eigenvalue weighted by atomic mass is 16.7. The molecule has 4 atom stereocenters. The summed E-state index contributed by atoms with van der Waals surface area (Å²) in [7, 11) is 0. The molecule has 2 aliphatic heterocycles. The highest BCUT2D eigenvalue weighted by molar-refractivity contribution is 5.98. The molecule has 1 aromatic rings. The van der Waals surface area contributed by atoms with Crippen LogP contribution in [0.4, 0.5) is 0 Å². The highest BCUT2D eigenvalue weighted by Gasteiger charge is 2.48. The Balaban J connectivity index is 1.74. The summed E-state index contributed by atoms with van der Waals surface area (Å²) in [4.78, 5) is 22.6. The summed E-state index contributed by atoms with van der Waals surface area (Å²) in [6.45, 7) is 10.1. The molecule has 8 nitrogen and oxygen atoms in total. The second-order valence-electron chi connectivity index (χ2n) is 9.74. The van der Waals surface area contributed by atoms with Crippen LogP contribution in [0.3, 0.4) is 0 Å². The molecule has 1 fully saturated rings. The maximum Gasteiger partial charge on any atom is 0.344 e. The van der Waals surface area contributed by atoms with Crippen LogP contribution in [-0.2, 0) is 20.8 Å². The van der Waals surface area contributed by atoms with Crippen LogP contribution in [0.15, 0.2) is 23.2 Å². The third-order valence-electron chi connectivity index (χ3n) is 5.88. The quantitative estimate of drug-likeness (QED) is 0.282. The molecule has 31 heavy (non-hydrogen) atoms. The van der Waals surface area contributed by atoms with Crippen molar-refractivity contribution in [2.75, 3.05) is 6.54 Å². The normalized spacial score (nSPS) is 26.4. The van der Waals surface area contributed by atoms with Gasteiger partial charge in [-0.2, -0.15) is 0 Å². The van der Waals surface area contributed by atoms with Crippen molar-refractivity contribution in [2.24, 2.45) is 16.6 Å². The van der Waals surface area contributed by atoms with Gasteiger partial charge in [-0.1, -0.05) is 0 Å². The molecule has 2 heterocycles. The molecule has 5 N–H and O–H groups in total. The van der Waals surface area contributed by atoms with Crippen LogP contribution in [0.5, 0.6) is 5.75 Å². The number of benzene rings is 1. The first-order chi connectivity index (χ1) is 14.5. The summed E-state index contributed by atoms with van der Waals surface area (Å²) in [6.07, 6.45) is 2.68. The van der Waals surface area contributed by atoms with Gasteiger partial charge in [0.15, 0.2) is 0 Å². The average molecular weight is 433 g/mol. The minimum absolute atomic E-state index is 0.240. The lowest BCUT2D eigenvalue weighted by Gasteiger charge is -2.38. The van der Waals surface area contributed by atoms with Crippen LogP contribution >= 0.6 is 0 Å². The number of nitrogens with two attached hydrogens (primary N) is 2. The summed E-state index contributed by atoms with van der Waals surface area (Å²) in [5, 5.41) is 3.43. The fourth-order valence-corrected chi connectivity index (χ4v) is 4.06. The van der Waals surface area contributed by atoms with E-state index in [9.17, 15) is 4.79 Å². The Morgan fingerprint density at radius 2 is 2.00 bits per heavy atom. The number of hydrogen-bond acceptors (Lipinski definition) is 7.